The molecule has 0 radical (unpaired) electrons. The first-order chi connectivity index (χ1) is 12.1. The number of hydrogen-bond donors (Lipinski definition) is 2. The van der Waals surface area contributed by atoms with Gasteiger partial charge in [-0.25, -0.2) is 0 Å². The Bertz CT molecular complexity index is 784. The minimum atomic E-state index is -0.277. The number of rotatable bonds is 4. The second-order valence-corrected chi connectivity index (χ2v) is 6.48. The van der Waals surface area contributed by atoms with Gasteiger partial charge in [0.1, 0.15) is 0 Å². The van der Waals surface area contributed by atoms with Crippen molar-refractivity contribution in [2.75, 3.05) is 18.4 Å². The van der Waals surface area contributed by atoms with Gasteiger partial charge in [0.05, 0.1) is 11.3 Å². The molecule has 0 unspecified atom stereocenters. The van der Waals surface area contributed by atoms with Gasteiger partial charge in [0.25, 0.3) is 11.8 Å². The van der Waals surface area contributed by atoms with E-state index in [4.69, 9.17) is 17.3 Å². The summed E-state index contributed by atoms with van der Waals surface area (Å²) in [6.45, 7) is 1.89. The van der Waals surface area contributed by atoms with Crippen molar-refractivity contribution in [3.8, 4) is 0 Å². The van der Waals surface area contributed by atoms with Crippen molar-refractivity contribution >= 4 is 29.1 Å². The number of carbonyl (C=O) groups is 2. The highest BCUT2D eigenvalue weighted by molar-refractivity contribution is 6.31. The number of benzene rings is 2. The molecule has 130 valence electrons. The van der Waals surface area contributed by atoms with Gasteiger partial charge in [-0.1, -0.05) is 23.7 Å². The van der Waals surface area contributed by atoms with E-state index in [9.17, 15) is 9.59 Å². The molecule has 3 N–H and O–H groups in total. The van der Waals surface area contributed by atoms with Gasteiger partial charge in [-0.05, 0) is 48.7 Å². The molecule has 5 nitrogen and oxygen atoms in total. The minimum Gasteiger partial charge on any atom is -0.339 e. The van der Waals surface area contributed by atoms with Gasteiger partial charge >= 0.3 is 0 Å². The van der Waals surface area contributed by atoms with Crippen LogP contribution in [0.5, 0.6) is 0 Å². The van der Waals surface area contributed by atoms with Gasteiger partial charge in [0.2, 0.25) is 0 Å². The average Bonchev–Trinajstić information content (AvgIpc) is 3.17. The monoisotopic (exact) mass is 357 g/mol. The molecule has 2 aromatic carbocycles. The van der Waals surface area contributed by atoms with Crippen molar-refractivity contribution in [1.29, 1.82) is 0 Å². The predicted octanol–water partition coefficient (Wildman–Crippen LogP) is 3.29. The highest BCUT2D eigenvalue weighted by Crippen LogP contribution is 2.24. The Morgan fingerprint density at radius 2 is 1.76 bits per heavy atom. The molecule has 1 saturated heterocycles. The van der Waals surface area contributed by atoms with Crippen LogP contribution in [-0.4, -0.2) is 29.8 Å². The van der Waals surface area contributed by atoms with Gasteiger partial charge in [-0.3, -0.25) is 9.59 Å². The molecule has 0 aliphatic carbocycles. The van der Waals surface area contributed by atoms with Gasteiger partial charge in [0.15, 0.2) is 0 Å². The molecule has 1 fully saturated rings. The van der Waals surface area contributed by atoms with Crippen LogP contribution in [0, 0.1) is 0 Å². The van der Waals surface area contributed by atoms with Crippen LogP contribution < -0.4 is 11.1 Å². The molecule has 1 aliphatic rings. The van der Waals surface area contributed by atoms with Crippen molar-refractivity contribution in [3.63, 3.8) is 0 Å². The molecule has 25 heavy (non-hydrogen) atoms. The normalized spacial score (nSPS) is 13.8. The van der Waals surface area contributed by atoms with E-state index in [0.717, 1.165) is 31.5 Å². The fraction of sp³-hybridized carbons (Fsp3) is 0.263. The third-order valence-corrected chi connectivity index (χ3v) is 4.54. The maximum Gasteiger partial charge on any atom is 0.256 e. The Kier molecular flexibility index (Phi) is 5.36. The molecule has 0 aromatic heterocycles. The first-order valence-corrected chi connectivity index (χ1v) is 8.65. The largest absolute Gasteiger partial charge is 0.339 e. The van der Waals surface area contributed by atoms with Crippen LogP contribution in [-0.2, 0) is 6.54 Å². The highest BCUT2D eigenvalue weighted by Gasteiger charge is 2.23. The summed E-state index contributed by atoms with van der Waals surface area (Å²) in [5.41, 5.74) is 7.91. The summed E-state index contributed by atoms with van der Waals surface area (Å²) in [6.07, 6.45) is 2.00. The van der Waals surface area contributed by atoms with Gasteiger partial charge in [-0.15, -0.1) is 0 Å². The standard InChI is InChI=1S/C19H20ClN3O2/c20-15-7-8-17(16(11-15)19(25)23-9-1-2-10-23)22-18(24)14-5-3-13(12-21)4-6-14/h3-8,11H,1-2,9-10,12,21H2,(H,22,24). The summed E-state index contributed by atoms with van der Waals surface area (Å²) in [4.78, 5) is 27.0. The van der Waals surface area contributed by atoms with Crippen LogP contribution in [0.1, 0.15) is 39.1 Å². The zero-order valence-corrected chi connectivity index (χ0v) is 14.6. The molecule has 0 bridgehead atoms. The molecule has 2 amide bonds. The van der Waals surface area contributed by atoms with E-state index >= 15 is 0 Å². The Morgan fingerprint density at radius 3 is 2.40 bits per heavy atom. The third kappa shape index (κ3) is 4.00. The molecule has 0 atom stereocenters. The van der Waals surface area contributed by atoms with Crippen LogP contribution in [0.2, 0.25) is 5.02 Å². The van der Waals surface area contributed by atoms with Crippen molar-refractivity contribution < 1.29 is 9.59 Å². The first-order valence-electron chi connectivity index (χ1n) is 8.27. The lowest BCUT2D eigenvalue weighted by atomic mass is 10.1. The summed E-state index contributed by atoms with van der Waals surface area (Å²) >= 11 is 6.06. The lowest BCUT2D eigenvalue weighted by molar-refractivity contribution is 0.0794. The Hall–Kier alpha value is -2.37. The highest BCUT2D eigenvalue weighted by atomic mass is 35.5. The van der Waals surface area contributed by atoms with Crippen LogP contribution >= 0.6 is 11.6 Å². The first kappa shape index (κ1) is 17.5. The number of carbonyl (C=O) groups excluding carboxylic acids is 2. The van der Waals surface area contributed by atoms with E-state index < -0.39 is 0 Å². The summed E-state index contributed by atoms with van der Waals surface area (Å²) in [5.74, 6) is -0.379. The van der Waals surface area contributed by atoms with Crippen LogP contribution in [0.4, 0.5) is 5.69 Å². The smallest absolute Gasteiger partial charge is 0.256 e. The quantitative estimate of drug-likeness (QED) is 0.881. The molecule has 0 spiro atoms. The van der Waals surface area contributed by atoms with E-state index in [1.165, 1.54) is 0 Å². The third-order valence-electron chi connectivity index (χ3n) is 4.31. The van der Waals surface area contributed by atoms with Crippen LogP contribution in [0.25, 0.3) is 0 Å². The predicted molar refractivity (Wildman–Crippen MR) is 98.9 cm³/mol. The summed E-state index contributed by atoms with van der Waals surface area (Å²) in [7, 11) is 0. The van der Waals surface area contributed by atoms with E-state index in [2.05, 4.69) is 5.32 Å². The fourth-order valence-electron chi connectivity index (χ4n) is 2.88. The van der Waals surface area contributed by atoms with E-state index in [1.807, 2.05) is 12.1 Å². The SMILES string of the molecule is NCc1ccc(C(=O)Nc2ccc(Cl)cc2C(=O)N2CCCC2)cc1. The molecule has 2 aromatic rings. The summed E-state index contributed by atoms with van der Waals surface area (Å²) < 4.78 is 0. The molecule has 1 aliphatic heterocycles. The second kappa shape index (κ2) is 7.68. The Morgan fingerprint density at radius 1 is 1.08 bits per heavy atom. The summed E-state index contributed by atoms with van der Waals surface area (Å²) in [5, 5.41) is 3.29. The van der Waals surface area contributed by atoms with Crippen molar-refractivity contribution in [2.24, 2.45) is 5.73 Å². The maximum absolute atomic E-state index is 12.7. The van der Waals surface area contributed by atoms with Crippen molar-refractivity contribution in [1.82, 2.24) is 4.90 Å². The number of amides is 2. The Balaban J connectivity index is 1.83. The van der Waals surface area contributed by atoms with E-state index in [0.29, 0.717) is 28.4 Å². The number of nitrogens with one attached hydrogen (secondary N) is 1. The zero-order chi connectivity index (χ0) is 17.8. The molecule has 0 saturated carbocycles. The maximum atomic E-state index is 12.7. The molecule has 1 heterocycles. The second-order valence-electron chi connectivity index (χ2n) is 6.04. The van der Waals surface area contributed by atoms with Crippen molar-refractivity contribution in [2.45, 2.75) is 19.4 Å². The number of anilines is 1. The van der Waals surface area contributed by atoms with Crippen LogP contribution in [0.3, 0.4) is 0 Å². The number of halogens is 1. The molecule has 3 rings (SSSR count). The topological polar surface area (TPSA) is 75.4 Å². The molecule has 6 heteroatoms. The average molecular weight is 358 g/mol. The lowest BCUT2D eigenvalue weighted by Gasteiger charge is -2.18. The van der Waals surface area contributed by atoms with Gasteiger partial charge in [0, 0.05) is 30.2 Å². The Labute approximate surface area is 151 Å². The molecular weight excluding hydrogens is 338 g/mol. The van der Waals surface area contributed by atoms with Crippen LogP contribution in [0.15, 0.2) is 42.5 Å². The number of nitrogens with two attached hydrogens (primary N) is 1. The van der Waals surface area contributed by atoms with Crippen molar-refractivity contribution in [3.05, 3.63) is 64.2 Å². The zero-order valence-electron chi connectivity index (χ0n) is 13.8. The van der Waals surface area contributed by atoms with Gasteiger partial charge < -0.3 is 16.0 Å². The van der Waals surface area contributed by atoms with E-state index in [-0.39, 0.29) is 11.8 Å². The van der Waals surface area contributed by atoms with Gasteiger partial charge in [-0.2, -0.15) is 0 Å². The fourth-order valence-corrected chi connectivity index (χ4v) is 3.05. The number of hydrogen-bond acceptors (Lipinski definition) is 3. The number of likely N-dealkylation sites (tertiary alicyclic amines) is 1. The number of nitrogens with zero attached hydrogens (tertiary/aromatic N) is 1. The van der Waals surface area contributed by atoms with E-state index in [1.54, 1.807) is 35.2 Å². The summed E-state index contributed by atoms with van der Waals surface area (Å²) in [6, 6.07) is 12.0. The molecular formula is C19H20ClN3O2. The lowest BCUT2D eigenvalue weighted by Crippen LogP contribution is -2.28. The minimum absolute atomic E-state index is 0.103.